The number of aromatic nitrogens is 4. The second-order valence-electron chi connectivity index (χ2n) is 6.12. The van der Waals surface area contributed by atoms with E-state index in [4.69, 9.17) is 0 Å². The van der Waals surface area contributed by atoms with E-state index in [-0.39, 0.29) is 0 Å². The van der Waals surface area contributed by atoms with E-state index in [1.165, 1.54) is 16.3 Å². The molecule has 0 bridgehead atoms. The zero-order valence-electron chi connectivity index (χ0n) is 14.7. The molecule has 0 saturated heterocycles. The van der Waals surface area contributed by atoms with Crippen LogP contribution in [0.4, 0.5) is 0 Å². The highest BCUT2D eigenvalue weighted by atomic mass is 32.2. The van der Waals surface area contributed by atoms with Gasteiger partial charge in [0.25, 0.3) is 0 Å². The molecule has 0 aliphatic rings. The molecule has 0 fully saturated rings. The maximum atomic E-state index is 4.46. The Labute approximate surface area is 157 Å². The first kappa shape index (κ1) is 16.8. The summed E-state index contributed by atoms with van der Waals surface area (Å²) in [5, 5.41) is 12.5. The Hall–Kier alpha value is -2.66. The van der Waals surface area contributed by atoms with Gasteiger partial charge in [0, 0.05) is 30.3 Å². The number of thioether (sulfide) groups is 1. The van der Waals surface area contributed by atoms with Crippen LogP contribution in [0.15, 0.2) is 72.1 Å². The van der Waals surface area contributed by atoms with Crippen LogP contribution in [-0.4, -0.2) is 19.7 Å². The summed E-state index contributed by atoms with van der Waals surface area (Å²) in [6.45, 7) is 3.08. The van der Waals surface area contributed by atoms with Crippen molar-refractivity contribution in [3.63, 3.8) is 0 Å². The highest BCUT2D eigenvalue weighted by molar-refractivity contribution is 7.98. The van der Waals surface area contributed by atoms with Crippen molar-refractivity contribution in [2.45, 2.75) is 30.8 Å². The molecule has 4 aromatic rings. The van der Waals surface area contributed by atoms with E-state index in [2.05, 4.69) is 69.1 Å². The first-order valence-electron chi connectivity index (χ1n) is 8.80. The van der Waals surface area contributed by atoms with Gasteiger partial charge in [0.1, 0.15) is 0 Å². The van der Waals surface area contributed by atoms with Crippen LogP contribution in [-0.2, 0) is 12.3 Å². The Kier molecular flexibility index (Phi) is 4.97. The van der Waals surface area contributed by atoms with E-state index in [9.17, 15) is 0 Å². The Morgan fingerprint density at radius 1 is 0.923 bits per heavy atom. The number of hydrogen-bond acceptors (Lipinski definition) is 4. The largest absolute Gasteiger partial charge is 0.302 e. The second-order valence-corrected chi connectivity index (χ2v) is 7.06. The molecule has 0 unspecified atom stereocenters. The first-order valence-corrected chi connectivity index (χ1v) is 9.78. The number of hydrogen-bond donors (Lipinski definition) is 0. The molecule has 5 heteroatoms. The number of pyridine rings is 1. The zero-order valence-corrected chi connectivity index (χ0v) is 15.5. The van der Waals surface area contributed by atoms with E-state index < -0.39 is 0 Å². The summed E-state index contributed by atoms with van der Waals surface area (Å²) in [6, 6.07) is 19.0. The lowest BCUT2D eigenvalue weighted by molar-refractivity contribution is 0.626. The zero-order chi connectivity index (χ0) is 17.8. The minimum Gasteiger partial charge on any atom is -0.302 e. The van der Waals surface area contributed by atoms with Crippen molar-refractivity contribution in [3.05, 3.63) is 72.6 Å². The first-order chi connectivity index (χ1) is 12.9. The van der Waals surface area contributed by atoms with Crippen LogP contribution < -0.4 is 0 Å². The lowest BCUT2D eigenvalue weighted by Gasteiger charge is -2.10. The third-order valence-corrected chi connectivity index (χ3v) is 5.35. The third-order valence-electron chi connectivity index (χ3n) is 4.34. The number of nitrogens with zero attached hydrogens (tertiary/aromatic N) is 4. The highest BCUT2D eigenvalue weighted by Gasteiger charge is 2.14. The third kappa shape index (κ3) is 3.35. The molecule has 0 radical (unpaired) electrons. The Morgan fingerprint density at radius 3 is 2.58 bits per heavy atom. The fourth-order valence-electron chi connectivity index (χ4n) is 3.10. The fourth-order valence-corrected chi connectivity index (χ4v) is 4.06. The van der Waals surface area contributed by atoms with Crippen LogP contribution in [0.2, 0.25) is 0 Å². The molecule has 0 amide bonds. The van der Waals surface area contributed by atoms with Crippen molar-refractivity contribution in [2.75, 3.05) is 0 Å². The van der Waals surface area contributed by atoms with Crippen molar-refractivity contribution >= 4 is 22.5 Å². The van der Waals surface area contributed by atoms with Crippen molar-refractivity contribution in [1.82, 2.24) is 19.7 Å². The van der Waals surface area contributed by atoms with Gasteiger partial charge >= 0.3 is 0 Å². The van der Waals surface area contributed by atoms with Gasteiger partial charge in [-0.05, 0) is 34.9 Å². The molecule has 0 saturated carbocycles. The minimum atomic E-state index is 0.875. The molecule has 2 aromatic carbocycles. The van der Waals surface area contributed by atoms with Crippen LogP contribution in [0.25, 0.3) is 22.2 Å². The van der Waals surface area contributed by atoms with Crippen LogP contribution in [0.5, 0.6) is 0 Å². The molecule has 0 N–H and O–H groups in total. The lowest BCUT2D eigenvalue weighted by Crippen LogP contribution is -2.02. The maximum Gasteiger partial charge on any atom is 0.191 e. The Balaban J connectivity index is 1.63. The molecule has 4 nitrogen and oxygen atoms in total. The van der Waals surface area contributed by atoms with Gasteiger partial charge in [-0.15, -0.1) is 10.2 Å². The van der Waals surface area contributed by atoms with E-state index in [1.807, 2.05) is 12.1 Å². The summed E-state index contributed by atoms with van der Waals surface area (Å²) in [5.74, 6) is 1.79. The van der Waals surface area contributed by atoms with Gasteiger partial charge in [0.05, 0.1) is 0 Å². The maximum absolute atomic E-state index is 4.46. The Morgan fingerprint density at radius 2 is 1.73 bits per heavy atom. The molecular formula is C21H20N4S. The predicted octanol–water partition coefficient (Wildman–Crippen LogP) is 5.20. The lowest BCUT2D eigenvalue weighted by atomic mass is 10.1. The summed E-state index contributed by atoms with van der Waals surface area (Å²) < 4.78 is 2.21. The van der Waals surface area contributed by atoms with Crippen LogP contribution in [0.3, 0.4) is 0 Å². The van der Waals surface area contributed by atoms with Crippen molar-refractivity contribution in [2.24, 2.45) is 0 Å². The topological polar surface area (TPSA) is 43.6 Å². The summed E-state index contributed by atoms with van der Waals surface area (Å²) in [6.07, 6.45) is 4.63. The van der Waals surface area contributed by atoms with E-state index in [0.717, 1.165) is 35.3 Å². The van der Waals surface area contributed by atoms with E-state index >= 15 is 0 Å². The average molecular weight is 360 g/mol. The summed E-state index contributed by atoms with van der Waals surface area (Å²) in [4.78, 5) is 4.10. The average Bonchev–Trinajstić information content (AvgIpc) is 3.10. The van der Waals surface area contributed by atoms with Crippen LogP contribution in [0.1, 0.15) is 18.9 Å². The van der Waals surface area contributed by atoms with Crippen molar-refractivity contribution in [1.29, 1.82) is 0 Å². The van der Waals surface area contributed by atoms with Crippen LogP contribution in [0, 0.1) is 0 Å². The van der Waals surface area contributed by atoms with Crippen molar-refractivity contribution < 1.29 is 0 Å². The SMILES string of the molecule is CCCn1c(SCc2cccc3ccccc23)nnc1-c1ccncc1. The fraction of sp³-hybridized carbons (Fsp3) is 0.190. The normalized spacial score (nSPS) is 11.1. The molecule has 0 aliphatic carbocycles. The van der Waals surface area contributed by atoms with E-state index in [1.54, 1.807) is 24.2 Å². The molecule has 0 atom stereocenters. The summed E-state index contributed by atoms with van der Waals surface area (Å²) >= 11 is 1.74. The van der Waals surface area contributed by atoms with Gasteiger partial charge in [-0.25, -0.2) is 0 Å². The molecule has 26 heavy (non-hydrogen) atoms. The van der Waals surface area contributed by atoms with Crippen LogP contribution >= 0.6 is 11.8 Å². The van der Waals surface area contributed by atoms with Crippen molar-refractivity contribution in [3.8, 4) is 11.4 Å². The molecule has 0 spiro atoms. The minimum absolute atomic E-state index is 0.875. The molecule has 2 heterocycles. The molecule has 2 aromatic heterocycles. The monoisotopic (exact) mass is 360 g/mol. The van der Waals surface area contributed by atoms with Gasteiger partial charge < -0.3 is 4.57 Å². The molecule has 4 rings (SSSR count). The quantitative estimate of drug-likeness (QED) is 0.444. The highest BCUT2D eigenvalue weighted by Crippen LogP contribution is 2.29. The number of benzene rings is 2. The number of fused-ring (bicyclic) bond motifs is 1. The summed E-state index contributed by atoms with van der Waals surface area (Å²) in [5.41, 5.74) is 2.38. The van der Waals surface area contributed by atoms with Gasteiger partial charge in [0.15, 0.2) is 11.0 Å². The summed E-state index contributed by atoms with van der Waals surface area (Å²) in [7, 11) is 0. The van der Waals surface area contributed by atoms with Gasteiger partial charge in [-0.2, -0.15) is 0 Å². The van der Waals surface area contributed by atoms with Gasteiger partial charge in [0.2, 0.25) is 0 Å². The smallest absolute Gasteiger partial charge is 0.191 e. The van der Waals surface area contributed by atoms with Gasteiger partial charge in [-0.3, -0.25) is 4.98 Å². The van der Waals surface area contributed by atoms with E-state index in [0.29, 0.717) is 0 Å². The second kappa shape index (κ2) is 7.70. The molecular weight excluding hydrogens is 340 g/mol. The Bertz CT molecular complexity index is 1010. The van der Waals surface area contributed by atoms with Gasteiger partial charge in [-0.1, -0.05) is 61.2 Å². The number of rotatable bonds is 6. The molecule has 0 aliphatic heterocycles. The molecule has 130 valence electrons. The standard InChI is InChI=1S/C21H20N4S/c1-2-14-25-20(17-10-12-22-13-11-17)23-24-21(25)26-15-18-8-5-7-16-6-3-4-9-19(16)18/h3-13H,2,14-15H2,1H3. The predicted molar refractivity (Wildman–Crippen MR) is 107 cm³/mol.